The summed E-state index contributed by atoms with van der Waals surface area (Å²) in [5.74, 6) is 2.00. The fourth-order valence-electron chi connectivity index (χ4n) is 1.53. The molecule has 88 valence electrons. The number of H-pyrrole nitrogens is 1. The highest BCUT2D eigenvalue weighted by molar-refractivity contribution is 5.36. The summed E-state index contributed by atoms with van der Waals surface area (Å²) in [5.41, 5.74) is -0.0898. The van der Waals surface area contributed by atoms with E-state index in [1.807, 2.05) is 0 Å². The fraction of sp³-hybridized carbons (Fsp3) is 0.667. The number of aromatic nitrogens is 2. The van der Waals surface area contributed by atoms with E-state index in [-0.39, 0.29) is 11.1 Å². The van der Waals surface area contributed by atoms with Gasteiger partial charge in [0.25, 0.3) is 5.56 Å². The molecule has 16 heavy (non-hydrogen) atoms. The first-order valence-electron chi connectivity index (χ1n) is 5.89. The van der Waals surface area contributed by atoms with Crippen LogP contribution in [0.25, 0.3) is 0 Å². The van der Waals surface area contributed by atoms with Crippen molar-refractivity contribution >= 4 is 5.82 Å². The summed E-state index contributed by atoms with van der Waals surface area (Å²) in [5, 5.41) is 3.30. The van der Waals surface area contributed by atoms with Crippen molar-refractivity contribution in [3.05, 3.63) is 22.2 Å². The lowest BCUT2D eigenvalue weighted by atomic mass is 10.0. The van der Waals surface area contributed by atoms with Crippen LogP contribution < -0.4 is 10.9 Å². The maximum Gasteiger partial charge on any atom is 0.252 e. The van der Waals surface area contributed by atoms with Gasteiger partial charge >= 0.3 is 0 Å². The minimum atomic E-state index is -0.0636. The van der Waals surface area contributed by atoms with Gasteiger partial charge in [0.2, 0.25) is 0 Å². The van der Waals surface area contributed by atoms with Gasteiger partial charge in [0.15, 0.2) is 0 Å². The van der Waals surface area contributed by atoms with Crippen LogP contribution in [0.5, 0.6) is 0 Å². The Morgan fingerprint density at radius 1 is 1.56 bits per heavy atom. The highest BCUT2D eigenvalue weighted by atomic mass is 16.1. The predicted octanol–water partition coefficient (Wildman–Crippen LogP) is 2.25. The third-order valence-electron chi connectivity index (χ3n) is 3.07. The van der Waals surface area contributed by atoms with Gasteiger partial charge in [-0.2, -0.15) is 0 Å². The molecule has 0 aliphatic heterocycles. The lowest BCUT2D eigenvalue weighted by Gasteiger charge is -2.25. The highest BCUT2D eigenvalue weighted by Crippen LogP contribution is 2.37. The molecule has 0 amide bonds. The quantitative estimate of drug-likeness (QED) is 0.819. The molecule has 0 radical (unpaired) electrons. The van der Waals surface area contributed by atoms with Gasteiger partial charge < -0.3 is 10.3 Å². The van der Waals surface area contributed by atoms with Gasteiger partial charge in [-0.05, 0) is 33.1 Å². The van der Waals surface area contributed by atoms with E-state index in [0.717, 1.165) is 25.1 Å². The van der Waals surface area contributed by atoms with Crippen molar-refractivity contribution in [2.24, 2.45) is 0 Å². The molecule has 1 aromatic heterocycles. The van der Waals surface area contributed by atoms with E-state index in [4.69, 9.17) is 0 Å². The second-order valence-electron chi connectivity index (χ2n) is 5.15. The number of aromatic amines is 1. The Labute approximate surface area is 95.5 Å². The van der Waals surface area contributed by atoms with Gasteiger partial charge in [0.1, 0.15) is 11.6 Å². The smallest absolute Gasteiger partial charge is 0.252 e. The minimum Gasteiger partial charge on any atom is -0.365 e. The Morgan fingerprint density at radius 2 is 2.25 bits per heavy atom. The van der Waals surface area contributed by atoms with Crippen LogP contribution in [-0.2, 0) is 0 Å². The van der Waals surface area contributed by atoms with E-state index in [1.54, 1.807) is 0 Å². The minimum absolute atomic E-state index is 0.0262. The summed E-state index contributed by atoms with van der Waals surface area (Å²) in [7, 11) is 0. The van der Waals surface area contributed by atoms with Gasteiger partial charge in [-0.1, -0.05) is 6.92 Å². The van der Waals surface area contributed by atoms with Crippen molar-refractivity contribution in [1.82, 2.24) is 9.97 Å². The second kappa shape index (κ2) is 3.92. The average molecular weight is 221 g/mol. The van der Waals surface area contributed by atoms with Gasteiger partial charge in [0.05, 0.1) is 0 Å². The number of hydrogen-bond donors (Lipinski definition) is 2. The van der Waals surface area contributed by atoms with Crippen LogP contribution in [0.15, 0.2) is 10.9 Å². The Kier molecular flexibility index (Phi) is 2.74. The third kappa shape index (κ3) is 2.62. The second-order valence-corrected chi connectivity index (χ2v) is 5.15. The molecule has 1 saturated carbocycles. The molecule has 0 saturated heterocycles. The Bertz CT molecular complexity index is 432. The molecule has 2 rings (SSSR count). The van der Waals surface area contributed by atoms with Crippen LogP contribution in [0, 0.1) is 0 Å². The van der Waals surface area contributed by atoms with Crippen molar-refractivity contribution in [2.75, 3.05) is 5.32 Å². The van der Waals surface area contributed by atoms with E-state index < -0.39 is 0 Å². The summed E-state index contributed by atoms with van der Waals surface area (Å²) >= 11 is 0. The van der Waals surface area contributed by atoms with E-state index in [0.29, 0.717) is 11.7 Å². The molecule has 0 unspecified atom stereocenters. The van der Waals surface area contributed by atoms with Crippen LogP contribution in [0.1, 0.15) is 51.8 Å². The average Bonchev–Trinajstić information content (AvgIpc) is 2.99. The largest absolute Gasteiger partial charge is 0.365 e. The molecule has 2 N–H and O–H groups in total. The molecule has 4 nitrogen and oxygen atoms in total. The van der Waals surface area contributed by atoms with Crippen molar-refractivity contribution in [1.29, 1.82) is 0 Å². The van der Waals surface area contributed by atoms with Crippen molar-refractivity contribution in [2.45, 2.75) is 51.5 Å². The summed E-state index contributed by atoms with van der Waals surface area (Å²) in [4.78, 5) is 18.8. The van der Waals surface area contributed by atoms with Crippen LogP contribution in [-0.4, -0.2) is 15.5 Å². The SMILES string of the molecule is CCC(C)(C)Nc1cc(=O)[nH]c(C2CC2)n1. The zero-order chi connectivity index (χ0) is 11.8. The molecule has 0 bridgehead atoms. The molecular formula is C12H19N3O. The van der Waals surface area contributed by atoms with Crippen LogP contribution in [0.4, 0.5) is 5.82 Å². The van der Waals surface area contributed by atoms with Gasteiger partial charge in [0, 0.05) is 17.5 Å². The Balaban J connectivity index is 2.23. The molecule has 1 aliphatic rings. The lowest BCUT2D eigenvalue weighted by Crippen LogP contribution is -2.31. The normalized spacial score (nSPS) is 16.2. The topological polar surface area (TPSA) is 57.8 Å². The molecule has 1 heterocycles. The number of rotatable bonds is 4. The molecule has 1 fully saturated rings. The van der Waals surface area contributed by atoms with Crippen molar-refractivity contribution in [3.63, 3.8) is 0 Å². The summed E-state index contributed by atoms with van der Waals surface area (Å²) in [6, 6.07) is 1.53. The summed E-state index contributed by atoms with van der Waals surface area (Å²) < 4.78 is 0. The number of nitrogens with one attached hydrogen (secondary N) is 2. The molecule has 1 aliphatic carbocycles. The zero-order valence-electron chi connectivity index (χ0n) is 10.1. The number of nitrogens with zero attached hydrogens (tertiary/aromatic N) is 1. The lowest BCUT2D eigenvalue weighted by molar-refractivity contribution is 0.544. The monoisotopic (exact) mass is 221 g/mol. The fourth-order valence-corrected chi connectivity index (χ4v) is 1.53. The van der Waals surface area contributed by atoms with Gasteiger partial charge in [-0.3, -0.25) is 4.79 Å². The molecule has 1 aromatic rings. The van der Waals surface area contributed by atoms with E-state index >= 15 is 0 Å². The summed E-state index contributed by atoms with van der Waals surface area (Å²) in [6.07, 6.45) is 3.27. The third-order valence-corrected chi connectivity index (χ3v) is 3.07. The molecular weight excluding hydrogens is 202 g/mol. The van der Waals surface area contributed by atoms with E-state index in [9.17, 15) is 4.79 Å². The first-order valence-corrected chi connectivity index (χ1v) is 5.89. The first-order chi connectivity index (χ1) is 7.50. The van der Waals surface area contributed by atoms with Gasteiger partial charge in [-0.25, -0.2) is 4.98 Å². The maximum atomic E-state index is 11.5. The highest BCUT2D eigenvalue weighted by Gasteiger charge is 2.27. The number of hydrogen-bond acceptors (Lipinski definition) is 3. The Morgan fingerprint density at radius 3 is 2.81 bits per heavy atom. The number of anilines is 1. The summed E-state index contributed by atoms with van der Waals surface area (Å²) in [6.45, 7) is 6.32. The molecule has 0 spiro atoms. The Hall–Kier alpha value is -1.32. The van der Waals surface area contributed by atoms with Crippen molar-refractivity contribution in [3.8, 4) is 0 Å². The first kappa shape index (κ1) is 11.2. The molecule has 4 heteroatoms. The predicted molar refractivity (Wildman–Crippen MR) is 64.8 cm³/mol. The molecule has 0 aromatic carbocycles. The zero-order valence-corrected chi connectivity index (χ0v) is 10.1. The van der Waals surface area contributed by atoms with E-state index in [1.165, 1.54) is 6.07 Å². The van der Waals surface area contributed by atoms with E-state index in [2.05, 4.69) is 36.1 Å². The van der Waals surface area contributed by atoms with Crippen LogP contribution in [0.3, 0.4) is 0 Å². The molecule has 0 atom stereocenters. The maximum absolute atomic E-state index is 11.5. The van der Waals surface area contributed by atoms with Crippen LogP contribution >= 0.6 is 0 Å². The van der Waals surface area contributed by atoms with Gasteiger partial charge in [-0.15, -0.1) is 0 Å². The van der Waals surface area contributed by atoms with Crippen LogP contribution in [0.2, 0.25) is 0 Å². The standard InChI is InChI=1S/C12H19N3O/c1-4-12(2,3)15-9-7-10(16)14-11(13-9)8-5-6-8/h7-8H,4-6H2,1-3H3,(H2,13,14,15,16). The van der Waals surface area contributed by atoms with Crippen molar-refractivity contribution < 1.29 is 0 Å².